The van der Waals surface area contributed by atoms with Crippen molar-refractivity contribution < 1.29 is 4.79 Å². The second-order valence-corrected chi connectivity index (χ2v) is 5.95. The van der Waals surface area contributed by atoms with Crippen molar-refractivity contribution in [3.63, 3.8) is 0 Å². The molecule has 0 atom stereocenters. The Morgan fingerprint density at radius 3 is 2.80 bits per heavy atom. The molecule has 1 aromatic rings. The molecule has 2 rings (SSSR count). The third-order valence-corrected chi connectivity index (χ3v) is 4.79. The van der Waals surface area contributed by atoms with E-state index in [9.17, 15) is 4.79 Å². The van der Waals surface area contributed by atoms with E-state index in [1.165, 1.54) is 17.8 Å². The highest BCUT2D eigenvalue weighted by Crippen LogP contribution is 2.44. The number of ketones is 1. The molecular formula is C11H14BrNOS. The van der Waals surface area contributed by atoms with Crippen molar-refractivity contribution in [1.29, 1.82) is 0 Å². The van der Waals surface area contributed by atoms with Gasteiger partial charge in [0.05, 0.1) is 4.88 Å². The Balaban J connectivity index is 2.19. The number of carbonyl (C=O) groups is 1. The first-order chi connectivity index (χ1) is 7.18. The molecular weight excluding hydrogens is 274 g/mol. The van der Waals surface area contributed by atoms with Crippen LogP contribution in [0.4, 0.5) is 0 Å². The molecule has 0 aliphatic heterocycles. The van der Waals surface area contributed by atoms with Gasteiger partial charge in [-0.15, -0.1) is 11.3 Å². The predicted octanol–water partition coefficient (Wildman–Crippen LogP) is 3.08. The molecule has 0 unspecified atom stereocenters. The van der Waals surface area contributed by atoms with Crippen LogP contribution in [-0.2, 0) is 0 Å². The van der Waals surface area contributed by atoms with Crippen molar-refractivity contribution in [3.05, 3.63) is 20.8 Å². The van der Waals surface area contributed by atoms with Gasteiger partial charge in [-0.1, -0.05) is 6.42 Å². The zero-order valence-corrected chi connectivity index (χ0v) is 11.1. The fraction of sp³-hybridized carbons (Fsp3) is 0.545. The van der Waals surface area contributed by atoms with E-state index in [-0.39, 0.29) is 5.41 Å². The SMILES string of the molecule is CNCC1(C(=O)c2cc(Br)cs2)CCC1. The van der Waals surface area contributed by atoms with E-state index in [0.29, 0.717) is 5.78 Å². The van der Waals surface area contributed by atoms with E-state index in [0.717, 1.165) is 28.7 Å². The van der Waals surface area contributed by atoms with Crippen LogP contribution in [0.5, 0.6) is 0 Å². The molecule has 4 heteroatoms. The Hall–Kier alpha value is -0.190. The molecule has 2 nitrogen and oxygen atoms in total. The molecule has 1 aromatic heterocycles. The summed E-state index contributed by atoms with van der Waals surface area (Å²) in [4.78, 5) is 13.2. The highest BCUT2D eigenvalue weighted by molar-refractivity contribution is 9.10. The number of halogens is 1. The van der Waals surface area contributed by atoms with Crippen LogP contribution in [0.25, 0.3) is 0 Å². The predicted molar refractivity (Wildman–Crippen MR) is 66.6 cm³/mol. The number of rotatable bonds is 4. The zero-order valence-electron chi connectivity index (χ0n) is 8.68. The number of carbonyl (C=O) groups excluding carboxylic acids is 1. The molecule has 0 radical (unpaired) electrons. The summed E-state index contributed by atoms with van der Waals surface area (Å²) in [6.45, 7) is 0.807. The molecule has 1 fully saturated rings. The van der Waals surface area contributed by atoms with Gasteiger partial charge in [-0.3, -0.25) is 4.79 Å². The normalized spacial score (nSPS) is 18.5. The Morgan fingerprint density at radius 1 is 1.67 bits per heavy atom. The van der Waals surface area contributed by atoms with E-state index in [4.69, 9.17) is 0 Å². The largest absolute Gasteiger partial charge is 0.319 e. The van der Waals surface area contributed by atoms with Crippen LogP contribution in [0.15, 0.2) is 15.9 Å². The first kappa shape index (κ1) is 11.3. The lowest BCUT2D eigenvalue weighted by molar-refractivity contribution is 0.0619. The van der Waals surface area contributed by atoms with Gasteiger partial charge in [-0.25, -0.2) is 0 Å². The second-order valence-electron chi connectivity index (χ2n) is 4.12. The van der Waals surface area contributed by atoms with E-state index in [1.807, 2.05) is 18.5 Å². The monoisotopic (exact) mass is 287 g/mol. The van der Waals surface area contributed by atoms with E-state index in [2.05, 4.69) is 21.2 Å². The lowest BCUT2D eigenvalue weighted by atomic mass is 9.65. The van der Waals surface area contributed by atoms with Gasteiger partial charge in [0.25, 0.3) is 0 Å². The average Bonchev–Trinajstić information content (AvgIpc) is 2.57. The number of hydrogen-bond acceptors (Lipinski definition) is 3. The van der Waals surface area contributed by atoms with Crippen LogP contribution in [0, 0.1) is 5.41 Å². The average molecular weight is 288 g/mol. The Labute approximate surface area is 102 Å². The van der Waals surface area contributed by atoms with Crippen molar-refractivity contribution in [2.75, 3.05) is 13.6 Å². The fourth-order valence-corrected chi connectivity index (χ4v) is 3.61. The summed E-state index contributed by atoms with van der Waals surface area (Å²) in [5.41, 5.74) is -0.112. The summed E-state index contributed by atoms with van der Waals surface area (Å²) in [6, 6.07) is 1.93. The van der Waals surface area contributed by atoms with Crippen LogP contribution in [0.2, 0.25) is 0 Å². The first-order valence-corrected chi connectivity index (χ1v) is 6.79. The quantitative estimate of drug-likeness (QED) is 0.863. The fourth-order valence-electron chi connectivity index (χ4n) is 2.12. The van der Waals surface area contributed by atoms with Crippen molar-refractivity contribution >= 4 is 33.0 Å². The Bertz CT molecular complexity index is 370. The molecule has 1 aliphatic carbocycles. The minimum absolute atomic E-state index is 0.112. The van der Waals surface area contributed by atoms with Crippen molar-refractivity contribution in [2.24, 2.45) is 5.41 Å². The van der Waals surface area contributed by atoms with Gasteiger partial charge in [-0.05, 0) is 41.9 Å². The minimum Gasteiger partial charge on any atom is -0.319 e. The van der Waals surface area contributed by atoms with Gasteiger partial charge >= 0.3 is 0 Å². The van der Waals surface area contributed by atoms with E-state index in [1.54, 1.807) is 0 Å². The number of thiophene rings is 1. The van der Waals surface area contributed by atoms with E-state index >= 15 is 0 Å². The lowest BCUT2D eigenvalue weighted by Gasteiger charge is -2.39. The van der Waals surface area contributed by atoms with Crippen molar-refractivity contribution in [1.82, 2.24) is 5.32 Å². The smallest absolute Gasteiger partial charge is 0.180 e. The summed E-state index contributed by atoms with van der Waals surface area (Å²) in [6.07, 6.45) is 3.24. The van der Waals surface area contributed by atoms with Gasteiger partial charge < -0.3 is 5.32 Å². The van der Waals surface area contributed by atoms with Crippen LogP contribution >= 0.6 is 27.3 Å². The Morgan fingerprint density at radius 2 is 2.40 bits per heavy atom. The maximum Gasteiger partial charge on any atom is 0.180 e. The zero-order chi connectivity index (χ0) is 10.9. The molecule has 0 saturated heterocycles. The number of hydrogen-bond donors (Lipinski definition) is 1. The highest BCUT2D eigenvalue weighted by atomic mass is 79.9. The maximum absolute atomic E-state index is 12.3. The number of nitrogens with one attached hydrogen (secondary N) is 1. The summed E-state index contributed by atoms with van der Waals surface area (Å²) >= 11 is 4.92. The van der Waals surface area contributed by atoms with Gasteiger partial charge in [0.15, 0.2) is 5.78 Å². The molecule has 1 saturated carbocycles. The topological polar surface area (TPSA) is 29.1 Å². The summed E-state index contributed by atoms with van der Waals surface area (Å²) in [7, 11) is 1.91. The molecule has 82 valence electrons. The first-order valence-electron chi connectivity index (χ1n) is 5.11. The van der Waals surface area contributed by atoms with Gasteiger partial charge in [-0.2, -0.15) is 0 Å². The summed E-state index contributed by atoms with van der Waals surface area (Å²) < 4.78 is 1.01. The number of Topliss-reactive ketones (excluding diaryl/α,β-unsaturated/α-hetero) is 1. The third kappa shape index (κ3) is 2.03. The van der Waals surface area contributed by atoms with Gasteiger partial charge in [0.1, 0.15) is 0 Å². The molecule has 1 aliphatic rings. The molecule has 0 spiro atoms. The van der Waals surface area contributed by atoms with Crippen molar-refractivity contribution in [3.8, 4) is 0 Å². The van der Waals surface area contributed by atoms with Crippen LogP contribution in [0.1, 0.15) is 28.9 Å². The summed E-state index contributed by atoms with van der Waals surface area (Å²) in [5, 5.41) is 5.11. The molecule has 0 amide bonds. The Kier molecular flexibility index (Phi) is 3.28. The second kappa shape index (κ2) is 4.36. The maximum atomic E-state index is 12.3. The highest BCUT2D eigenvalue weighted by Gasteiger charge is 2.44. The van der Waals surface area contributed by atoms with Gasteiger partial charge in [0.2, 0.25) is 0 Å². The van der Waals surface area contributed by atoms with Crippen LogP contribution < -0.4 is 5.32 Å². The van der Waals surface area contributed by atoms with Crippen molar-refractivity contribution in [2.45, 2.75) is 19.3 Å². The third-order valence-electron chi connectivity index (χ3n) is 3.10. The van der Waals surface area contributed by atoms with Gasteiger partial charge in [0, 0.05) is 21.8 Å². The molecule has 1 heterocycles. The molecule has 0 bridgehead atoms. The van der Waals surface area contributed by atoms with E-state index < -0.39 is 0 Å². The molecule has 15 heavy (non-hydrogen) atoms. The standard InChI is InChI=1S/C11H14BrNOS/c1-13-7-11(3-2-4-11)10(14)9-5-8(12)6-15-9/h5-6,13H,2-4,7H2,1H3. The van der Waals surface area contributed by atoms with Crippen LogP contribution in [-0.4, -0.2) is 19.4 Å². The van der Waals surface area contributed by atoms with Crippen LogP contribution in [0.3, 0.4) is 0 Å². The lowest BCUT2D eigenvalue weighted by Crippen LogP contribution is -2.45. The minimum atomic E-state index is -0.112. The molecule has 0 aromatic carbocycles. The molecule has 1 N–H and O–H groups in total. The summed E-state index contributed by atoms with van der Waals surface area (Å²) in [5.74, 6) is 0.318.